The number of aliphatic hydroxyl groups is 1. The van der Waals surface area contributed by atoms with Crippen molar-refractivity contribution in [1.82, 2.24) is 9.72 Å². The van der Waals surface area contributed by atoms with E-state index in [1.807, 2.05) is 22.7 Å². The van der Waals surface area contributed by atoms with Crippen LogP contribution in [0.3, 0.4) is 0 Å². The molecule has 27 heavy (non-hydrogen) atoms. The molecule has 0 unspecified atom stereocenters. The smallest absolute Gasteiger partial charge is 0.253 e. The van der Waals surface area contributed by atoms with Crippen molar-refractivity contribution >= 4 is 23.0 Å². The standard InChI is InChI=1S/C20H23ClF2N2O2/c21-15-5-2-10-25-16(13-3-1-4-13)11-14(17(15)25)18(26)24-12-19(27)6-8-20(22,23)9-7-19/h2,5,10-11,13,27H,1,3-4,6-9,12H2,(H,24,26). The van der Waals surface area contributed by atoms with Gasteiger partial charge in [-0.1, -0.05) is 18.0 Å². The Labute approximate surface area is 161 Å². The summed E-state index contributed by atoms with van der Waals surface area (Å²) in [6.07, 6.45) is 4.51. The second-order valence-corrected chi connectivity index (χ2v) is 8.36. The van der Waals surface area contributed by atoms with Gasteiger partial charge in [0.25, 0.3) is 5.91 Å². The lowest BCUT2D eigenvalue weighted by Gasteiger charge is -2.35. The van der Waals surface area contributed by atoms with Crippen LogP contribution in [0.5, 0.6) is 0 Å². The molecule has 1 amide bonds. The van der Waals surface area contributed by atoms with Gasteiger partial charge < -0.3 is 14.8 Å². The number of fused-ring (bicyclic) bond motifs is 1. The first kappa shape index (κ1) is 18.7. The Morgan fingerprint density at radius 1 is 1.30 bits per heavy atom. The first-order chi connectivity index (χ1) is 12.8. The molecule has 0 aliphatic heterocycles. The number of aromatic nitrogens is 1. The van der Waals surface area contributed by atoms with Gasteiger partial charge >= 0.3 is 0 Å². The molecule has 0 spiro atoms. The number of nitrogens with zero attached hydrogens (tertiary/aromatic N) is 1. The van der Waals surface area contributed by atoms with E-state index in [1.165, 1.54) is 6.42 Å². The van der Waals surface area contributed by atoms with Crippen molar-refractivity contribution in [3.63, 3.8) is 0 Å². The normalized spacial score (nSPS) is 21.8. The Morgan fingerprint density at radius 3 is 2.63 bits per heavy atom. The molecule has 2 aromatic rings. The van der Waals surface area contributed by atoms with Gasteiger partial charge in [-0.2, -0.15) is 0 Å². The number of carbonyl (C=O) groups excluding carboxylic acids is 1. The minimum atomic E-state index is -2.72. The highest BCUT2D eigenvalue weighted by molar-refractivity contribution is 6.34. The number of halogens is 3. The summed E-state index contributed by atoms with van der Waals surface area (Å²) in [5.74, 6) is -2.64. The molecule has 2 aromatic heterocycles. The summed E-state index contributed by atoms with van der Waals surface area (Å²) in [7, 11) is 0. The topological polar surface area (TPSA) is 53.7 Å². The Hall–Kier alpha value is -1.66. The highest BCUT2D eigenvalue weighted by atomic mass is 35.5. The lowest BCUT2D eigenvalue weighted by Crippen LogP contribution is -2.47. The zero-order valence-corrected chi connectivity index (χ0v) is 15.7. The van der Waals surface area contributed by atoms with Crippen molar-refractivity contribution in [2.75, 3.05) is 6.54 Å². The van der Waals surface area contributed by atoms with E-state index in [-0.39, 0.29) is 38.1 Å². The fraction of sp³-hybridized carbons (Fsp3) is 0.550. The van der Waals surface area contributed by atoms with Crippen LogP contribution in [0.2, 0.25) is 5.02 Å². The number of rotatable bonds is 4. The molecule has 2 saturated carbocycles. The van der Waals surface area contributed by atoms with E-state index in [4.69, 9.17) is 11.6 Å². The summed E-state index contributed by atoms with van der Waals surface area (Å²) < 4.78 is 28.6. The van der Waals surface area contributed by atoms with Crippen LogP contribution in [0.4, 0.5) is 8.78 Å². The summed E-state index contributed by atoms with van der Waals surface area (Å²) in [5, 5.41) is 13.8. The van der Waals surface area contributed by atoms with Crippen LogP contribution in [0.25, 0.3) is 5.52 Å². The fourth-order valence-corrected chi connectivity index (χ4v) is 4.30. The third-order valence-corrected chi connectivity index (χ3v) is 6.33. The summed E-state index contributed by atoms with van der Waals surface area (Å²) in [5.41, 5.74) is 0.904. The summed E-state index contributed by atoms with van der Waals surface area (Å²) in [6.45, 7) is -0.0392. The third kappa shape index (κ3) is 3.57. The van der Waals surface area contributed by atoms with Crippen molar-refractivity contribution in [2.45, 2.75) is 62.4 Å². The molecule has 2 aliphatic carbocycles. The second-order valence-electron chi connectivity index (χ2n) is 7.95. The van der Waals surface area contributed by atoms with Gasteiger partial charge in [0.2, 0.25) is 5.92 Å². The van der Waals surface area contributed by atoms with Crippen LogP contribution < -0.4 is 5.32 Å². The Balaban J connectivity index is 1.54. The zero-order chi connectivity index (χ0) is 19.2. The molecule has 7 heteroatoms. The maximum Gasteiger partial charge on any atom is 0.253 e. The third-order valence-electron chi connectivity index (χ3n) is 6.03. The highest BCUT2D eigenvalue weighted by Gasteiger charge is 2.42. The van der Waals surface area contributed by atoms with Gasteiger partial charge in [-0.05, 0) is 49.8 Å². The molecular formula is C20H23ClF2N2O2. The quantitative estimate of drug-likeness (QED) is 0.797. The van der Waals surface area contributed by atoms with Crippen molar-refractivity contribution in [2.24, 2.45) is 0 Å². The van der Waals surface area contributed by atoms with Crippen molar-refractivity contribution < 1.29 is 18.7 Å². The molecule has 2 aliphatic rings. The summed E-state index contributed by atoms with van der Waals surface area (Å²) in [4.78, 5) is 12.8. The number of hydrogen-bond acceptors (Lipinski definition) is 2. The Morgan fingerprint density at radius 2 is 2.00 bits per heavy atom. The summed E-state index contributed by atoms with van der Waals surface area (Å²) >= 11 is 6.36. The molecule has 0 saturated heterocycles. The van der Waals surface area contributed by atoms with E-state index in [2.05, 4.69) is 5.32 Å². The lowest BCUT2D eigenvalue weighted by molar-refractivity contribution is -0.101. The molecular weight excluding hydrogens is 374 g/mol. The molecule has 0 aromatic carbocycles. The molecule has 0 atom stereocenters. The maximum atomic E-state index is 13.3. The number of carbonyl (C=O) groups is 1. The predicted molar refractivity (Wildman–Crippen MR) is 99.7 cm³/mol. The van der Waals surface area contributed by atoms with Crippen LogP contribution in [0.15, 0.2) is 24.4 Å². The fourth-order valence-electron chi connectivity index (χ4n) is 4.03. The van der Waals surface area contributed by atoms with Crippen molar-refractivity contribution in [1.29, 1.82) is 0 Å². The Kier molecular flexibility index (Phi) is 4.67. The zero-order valence-electron chi connectivity index (χ0n) is 15.0. The first-order valence-electron chi connectivity index (χ1n) is 9.46. The minimum Gasteiger partial charge on any atom is -0.388 e. The minimum absolute atomic E-state index is 0.0229. The van der Waals surface area contributed by atoms with E-state index in [0.717, 1.165) is 18.5 Å². The van der Waals surface area contributed by atoms with Crippen molar-refractivity contribution in [3.8, 4) is 0 Å². The van der Waals surface area contributed by atoms with E-state index in [9.17, 15) is 18.7 Å². The van der Waals surface area contributed by atoms with Gasteiger partial charge in [-0.15, -0.1) is 0 Å². The molecule has 0 bridgehead atoms. The van der Waals surface area contributed by atoms with Gasteiger partial charge in [-0.3, -0.25) is 4.79 Å². The maximum absolute atomic E-state index is 13.3. The Bertz CT molecular complexity index is 866. The molecule has 2 N–H and O–H groups in total. The number of amides is 1. The lowest BCUT2D eigenvalue weighted by atomic mass is 9.82. The van der Waals surface area contributed by atoms with E-state index >= 15 is 0 Å². The average molecular weight is 397 g/mol. The van der Waals surface area contributed by atoms with Crippen LogP contribution in [0, 0.1) is 0 Å². The van der Waals surface area contributed by atoms with Gasteiger partial charge in [0.05, 0.1) is 21.7 Å². The highest BCUT2D eigenvalue weighted by Crippen LogP contribution is 2.40. The van der Waals surface area contributed by atoms with Crippen LogP contribution in [0.1, 0.15) is 66.9 Å². The molecule has 4 rings (SSSR count). The average Bonchev–Trinajstić information content (AvgIpc) is 2.96. The van der Waals surface area contributed by atoms with Gasteiger partial charge in [0.15, 0.2) is 0 Å². The largest absolute Gasteiger partial charge is 0.388 e. The SMILES string of the molecule is O=C(NCC1(O)CCC(F)(F)CC1)c1cc(C2CCC2)n2cccc(Cl)c12. The van der Waals surface area contributed by atoms with Crippen LogP contribution in [-0.4, -0.2) is 33.5 Å². The molecule has 4 nitrogen and oxygen atoms in total. The second kappa shape index (κ2) is 6.74. The number of nitrogens with one attached hydrogen (secondary N) is 1. The summed E-state index contributed by atoms with van der Waals surface area (Å²) in [6, 6.07) is 5.47. The monoisotopic (exact) mass is 396 g/mol. The molecule has 2 fully saturated rings. The van der Waals surface area contributed by atoms with Crippen LogP contribution >= 0.6 is 11.6 Å². The molecule has 2 heterocycles. The molecule has 146 valence electrons. The van der Waals surface area contributed by atoms with E-state index in [1.54, 1.807) is 6.07 Å². The number of pyridine rings is 1. The van der Waals surface area contributed by atoms with E-state index < -0.39 is 11.5 Å². The predicted octanol–water partition coefficient (Wildman–Crippen LogP) is 4.53. The number of alkyl halides is 2. The first-order valence-corrected chi connectivity index (χ1v) is 9.84. The van der Waals surface area contributed by atoms with Gasteiger partial charge in [-0.25, -0.2) is 8.78 Å². The van der Waals surface area contributed by atoms with Gasteiger partial charge in [0.1, 0.15) is 0 Å². The molecule has 0 radical (unpaired) electrons. The van der Waals surface area contributed by atoms with Crippen LogP contribution in [-0.2, 0) is 0 Å². The van der Waals surface area contributed by atoms with Gasteiger partial charge in [0, 0.05) is 31.3 Å². The van der Waals surface area contributed by atoms with Crippen molar-refractivity contribution in [3.05, 3.63) is 40.7 Å². The number of hydrogen-bond donors (Lipinski definition) is 2. The van der Waals surface area contributed by atoms with E-state index in [0.29, 0.717) is 22.0 Å².